The Kier molecular flexibility index (Phi) is 1.50. The molecule has 0 bridgehead atoms. The number of hydrogen-bond donors (Lipinski definition) is 2. The summed E-state index contributed by atoms with van der Waals surface area (Å²) < 4.78 is 0. The molecular weight excluding hydrogens is 176 g/mol. The topological polar surface area (TPSA) is 53.6 Å². The molecule has 0 aliphatic heterocycles. The predicted octanol–water partition coefficient (Wildman–Crippen LogP) is 1.84. The summed E-state index contributed by atoms with van der Waals surface area (Å²) in [5.74, 6) is 1.87. The number of anilines is 1. The first-order valence-electron chi connectivity index (χ1n) is 4.90. The number of H-pyrrole nitrogens is 1. The minimum absolute atomic E-state index is 0.639. The first-order valence-corrected chi connectivity index (χ1v) is 4.90. The molecular formula is C10H12N4. The number of imidazole rings is 1. The lowest BCUT2D eigenvalue weighted by atomic mass is 10.4. The predicted molar refractivity (Wildman–Crippen MR) is 55.3 cm³/mol. The third-order valence-electron chi connectivity index (χ3n) is 2.42. The maximum Gasteiger partial charge on any atom is 0.128 e. The molecule has 1 aliphatic rings. The van der Waals surface area contributed by atoms with Crippen LogP contribution in [-0.4, -0.2) is 21.0 Å². The fraction of sp³-hybridized carbons (Fsp3) is 0.400. The van der Waals surface area contributed by atoms with Crippen molar-refractivity contribution in [3.63, 3.8) is 0 Å². The van der Waals surface area contributed by atoms with E-state index in [-0.39, 0.29) is 0 Å². The van der Waals surface area contributed by atoms with Crippen molar-refractivity contribution in [1.29, 1.82) is 0 Å². The first kappa shape index (κ1) is 7.79. The van der Waals surface area contributed by atoms with Crippen molar-refractivity contribution in [1.82, 2.24) is 15.0 Å². The highest BCUT2D eigenvalue weighted by molar-refractivity contribution is 5.76. The van der Waals surface area contributed by atoms with Gasteiger partial charge in [0.15, 0.2) is 0 Å². The van der Waals surface area contributed by atoms with Gasteiger partial charge in [0, 0.05) is 12.1 Å². The zero-order chi connectivity index (χ0) is 9.54. The summed E-state index contributed by atoms with van der Waals surface area (Å²) in [7, 11) is 0. The van der Waals surface area contributed by atoms with Crippen LogP contribution in [0.4, 0.5) is 5.82 Å². The molecule has 0 amide bonds. The Balaban J connectivity index is 2.00. The number of rotatable bonds is 2. The van der Waals surface area contributed by atoms with Gasteiger partial charge in [-0.1, -0.05) is 0 Å². The third-order valence-corrected chi connectivity index (χ3v) is 2.42. The van der Waals surface area contributed by atoms with Gasteiger partial charge in [-0.05, 0) is 19.8 Å². The van der Waals surface area contributed by atoms with Crippen molar-refractivity contribution >= 4 is 16.9 Å². The molecule has 72 valence electrons. The van der Waals surface area contributed by atoms with Gasteiger partial charge in [0.25, 0.3) is 0 Å². The maximum atomic E-state index is 4.37. The second-order valence-corrected chi connectivity index (χ2v) is 3.83. The zero-order valence-electron chi connectivity index (χ0n) is 8.04. The molecule has 0 radical (unpaired) electrons. The Labute approximate surface area is 81.8 Å². The van der Waals surface area contributed by atoms with E-state index in [1.54, 1.807) is 0 Å². The number of aryl methyl sites for hydroxylation is 1. The van der Waals surface area contributed by atoms with Crippen molar-refractivity contribution in [2.24, 2.45) is 0 Å². The molecule has 2 heterocycles. The Morgan fingerprint density at radius 2 is 2.36 bits per heavy atom. The Morgan fingerprint density at radius 1 is 1.50 bits per heavy atom. The van der Waals surface area contributed by atoms with Gasteiger partial charge in [0.1, 0.15) is 11.6 Å². The molecule has 2 N–H and O–H groups in total. The van der Waals surface area contributed by atoms with E-state index < -0.39 is 0 Å². The van der Waals surface area contributed by atoms with Crippen LogP contribution in [0.15, 0.2) is 12.3 Å². The number of aromatic amines is 1. The molecule has 3 rings (SSSR count). The molecule has 4 nitrogen and oxygen atoms in total. The highest BCUT2D eigenvalue weighted by Gasteiger charge is 2.21. The van der Waals surface area contributed by atoms with Crippen LogP contribution in [0.2, 0.25) is 0 Å². The summed E-state index contributed by atoms with van der Waals surface area (Å²) in [5.41, 5.74) is 1.99. The summed E-state index contributed by atoms with van der Waals surface area (Å²) in [6, 6.07) is 2.64. The zero-order valence-corrected chi connectivity index (χ0v) is 8.04. The van der Waals surface area contributed by atoms with Crippen molar-refractivity contribution in [3.05, 3.63) is 18.1 Å². The van der Waals surface area contributed by atoms with Crippen molar-refractivity contribution in [2.75, 3.05) is 5.32 Å². The molecule has 0 aromatic carbocycles. The molecule has 4 heteroatoms. The number of nitrogens with zero attached hydrogens (tertiary/aromatic N) is 2. The van der Waals surface area contributed by atoms with Crippen molar-refractivity contribution < 1.29 is 0 Å². The highest BCUT2D eigenvalue weighted by atomic mass is 15.0. The van der Waals surface area contributed by atoms with Crippen molar-refractivity contribution in [2.45, 2.75) is 25.8 Å². The highest BCUT2D eigenvalue weighted by Crippen LogP contribution is 2.24. The lowest BCUT2D eigenvalue weighted by molar-refractivity contribution is 1.12. The van der Waals surface area contributed by atoms with Crippen LogP contribution in [0, 0.1) is 6.92 Å². The van der Waals surface area contributed by atoms with Gasteiger partial charge in [-0.3, -0.25) is 0 Å². The number of nitrogens with one attached hydrogen (secondary N) is 2. The van der Waals surface area contributed by atoms with E-state index in [4.69, 9.17) is 0 Å². The van der Waals surface area contributed by atoms with E-state index >= 15 is 0 Å². The molecule has 14 heavy (non-hydrogen) atoms. The molecule has 2 aromatic rings. The fourth-order valence-corrected chi connectivity index (χ4v) is 1.55. The minimum atomic E-state index is 0.639. The second-order valence-electron chi connectivity index (χ2n) is 3.83. The van der Waals surface area contributed by atoms with Crippen LogP contribution in [0.1, 0.15) is 18.7 Å². The number of pyridine rings is 1. The maximum absolute atomic E-state index is 4.37. The summed E-state index contributed by atoms with van der Waals surface area (Å²) in [6.45, 7) is 1.95. The number of hydrogen-bond acceptors (Lipinski definition) is 3. The molecule has 2 aromatic heterocycles. The number of fused-ring (bicyclic) bond motifs is 1. The van der Waals surface area contributed by atoms with Crippen LogP contribution in [0.25, 0.3) is 11.0 Å². The van der Waals surface area contributed by atoms with E-state index in [1.165, 1.54) is 12.8 Å². The van der Waals surface area contributed by atoms with E-state index in [0.29, 0.717) is 6.04 Å². The average molecular weight is 188 g/mol. The Bertz CT molecular complexity index is 470. The second kappa shape index (κ2) is 2.70. The molecule has 1 saturated carbocycles. The van der Waals surface area contributed by atoms with Gasteiger partial charge >= 0.3 is 0 Å². The summed E-state index contributed by atoms with van der Waals surface area (Å²) >= 11 is 0. The lowest BCUT2D eigenvalue weighted by Gasteiger charge is -2.01. The Morgan fingerprint density at radius 3 is 3.14 bits per heavy atom. The van der Waals surface area contributed by atoms with Gasteiger partial charge < -0.3 is 10.3 Å². The molecule has 0 atom stereocenters. The van der Waals surface area contributed by atoms with Crippen LogP contribution in [0.3, 0.4) is 0 Å². The minimum Gasteiger partial charge on any atom is -0.367 e. The van der Waals surface area contributed by atoms with Gasteiger partial charge in [-0.25, -0.2) is 9.97 Å². The molecule has 1 fully saturated rings. The molecule has 0 unspecified atom stereocenters. The standard InChI is InChI=1S/C10H12N4/c1-6-12-8-4-10(14-7-2-3-7)11-5-9(8)13-6/h4-5,7H,2-3H2,1H3,(H,11,14)(H,12,13). The quantitative estimate of drug-likeness (QED) is 0.756. The lowest BCUT2D eigenvalue weighted by Crippen LogP contribution is -2.02. The van der Waals surface area contributed by atoms with Gasteiger partial charge in [0.05, 0.1) is 17.2 Å². The van der Waals surface area contributed by atoms with Gasteiger partial charge in [-0.15, -0.1) is 0 Å². The van der Waals surface area contributed by atoms with Crippen LogP contribution in [0.5, 0.6) is 0 Å². The largest absolute Gasteiger partial charge is 0.367 e. The van der Waals surface area contributed by atoms with Crippen LogP contribution in [-0.2, 0) is 0 Å². The number of aromatic nitrogens is 3. The average Bonchev–Trinajstić information content (AvgIpc) is 2.86. The summed E-state index contributed by atoms with van der Waals surface area (Å²) in [5, 5.41) is 3.35. The van der Waals surface area contributed by atoms with Crippen LogP contribution < -0.4 is 5.32 Å². The van der Waals surface area contributed by atoms with E-state index in [2.05, 4.69) is 20.3 Å². The smallest absolute Gasteiger partial charge is 0.128 e. The van der Waals surface area contributed by atoms with E-state index in [0.717, 1.165) is 22.7 Å². The van der Waals surface area contributed by atoms with Crippen molar-refractivity contribution in [3.8, 4) is 0 Å². The monoisotopic (exact) mass is 188 g/mol. The molecule has 1 aliphatic carbocycles. The van der Waals surface area contributed by atoms with Gasteiger partial charge in [0.2, 0.25) is 0 Å². The fourth-order valence-electron chi connectivity index (χ4n) is 1.55. The SMILES string of the molecule is Cc1nc2cc(NC3CC3)ncc2[nH]1. The molecule has 0 spiro atoms. The normalized spacial score (nSPS) is 16.1. The van der Waals surface area contributed by atoms with Gasteiger partial charge in [-0.2, -0.15) is 0 Å². The molecule has 0 saturated heterocycles. The Hall–Kier alpha value is -1.58. The first-order chi connectivity index (χ1) is 6.81. The summed E-state index contributed by atoms with van der Waals surface area (Å²) in [6.07, 6.45) is 4.36. The van der Waals surface area contributed by atoms with E-state index in [1.807, 2.05) is 19.2 Å². The van der Waals surface area contributed by atoms with E-state index in [9.17, 15) is 0 Å². The third kappa shape index (κ3) is 1.32. The summed E-state index contributed by atoms with van der Waals surface area (Å²) in [4.78, 5) is 11.8. The van der Waals surface area contributed by atoms with Crippen LogP contribution >= 0.6 is 0 Å².